The van der Waals surface area contributed by atoms with Crippen LogP contribution in [0.4, 0.5) is 0 Å². The standard InChI is InChI=1S/C15H13Cl2NO3S2/c1-3-21-14(20)13-8(2)18-15(23-13)22-7-12(19)10-5-4-9(16)6-11(10)17/h4-6H,3,7H2,1-2H3. The van der Waals surface area contributed by atoms with Gasteiger partial charge in [-0.3, -0.25) is 4.79 Å². The first-order valence-corrected chi connectivity index (χ1v) is 9.23. The molecule has 1 aromatic heterocycles. The molecule has 0 radical (unpaired) electrons. The molecule has 0 unspecified atom stereocenters. The molecule has 23 heavy (non-hydrogen) atoms. The van der Waals surface area contributed by atoms with Gasteiger partial charge in [-0.25, -0.2) is 9.78 Å². The highest BCUT2D eigenvalue weighted by atomic mass is 35.5. The number of hydrogen-bond acceptors (Lipinski definition) is 6. The van der Waals surface area contributed by atoms with E-state index in [9.17, 15) is 9.59 Å². The van der Waals surface area contributed by atoms with Crippen LogP contribution in [0, 0.1) is 6.92 Å². The molecule has 8 heteroatoms. The van der Waals surface area contributed by atoms with Gasteiger partial charge in [-0.15, -0.1) is 11.3 Å². The van der Waals surface area contributed by atoms with Crippen LogP contribution in [0.2, 0.25) is 10.0 Å². The number of aromatic nitrogens is 1. The molecule has 0 saturated heterocycles. The van der Waals surface area contributed by atoms with Crippen LogP contribution in [0.1, 0.15) is 32.6 Å². The minimum Gasteiger partial charge on any atom is -0.462 e. The summed E-state index contributed by atoms with van der Waals surface area (Å²) < 4.78 is 5.61. The van der Waals surface area contributed by atoms with Gasteiger partial charge in [0.2, 0.25) is 0 Å². The van der Waals surface area contributed by atoms with Crippen LogP contribution in [0.25, 0.3) is 0 Å². The molecule has 2 aromatic rings. The topological polar surface area (TPSA) is 56.3 Å². The average Bonchev–Trinajstić information content (AvgIpc) is 2.86. The number of carbonyl (C=O) groups excluding carboxylic acids is 2. The van der Waals surface area contributed by atoms with E-state index in [-0.39, 0.29) is 17.5 Å². The van der Waals surface area contributed by atoms with Gasteiger partial charge in [0.25, 0.3) is 0 Å². The van der Waals surface area contributed by atoms with Gasteiger partial charge in [-0.2, -0.15) is 0 Å². The molecular weight excluding hydrogens is 377 g/mol. The highest BCUT2D eigenvalue weighted by Gasteiger charge is 2.18. The maximum Gasteiger partial charge on any atom is 0.350 e. The zero-order chi connectivity index (χ0) is 17.0. The third kappa shape index (κ3) is 4.70. The number of ether oxygens (including phenoxy) is 1. The van der Waals surface area contributed by atoms with Crippen molar-refractivity contribution in [1.82, 2.24) is 4.98 Å². The molecule has 0 spiro atoms. The molecule has 0 aliphatic carbocycles. The fraction of sp³-hybridized carbons (Fsp3) is 0.267. The monoisotopic (exact) mass is 389 g/mol. The van der Waals surface area contributed by atoms with Crippen LogP contribution in [0.15, 0.2) is 22.5 Å². The maximum atomic E-state index is 12.2. The van der Waals surface area contributed by atoms with E-state index < -0.39 is 0 Å². The van der Waals surface area contributed by atoms with Crippen molar-refractivity contribution in [3.63, 3.8) is 0 Å². The van der Waals surface area contributed by atoms with E-state index in [1.807, 2.05) is 0 Å². The molecule has 0 aliphatic rings. The van der Waals surface area contributed by atoms with Crippen molar-refractivity contribution in [2.75, 3.05) is 12.4 Å². The fourth-order valence-corrected chi connectivity index (χ4v) is 4.22. The van der Waals surface area contributed by atoms with Gasteiger partial charge < -0.3 is 4.74 Å². The SMILES string of the molecule is CCOC(=O)c1sc(SCC(=O)c2ccc(Cl)cc2Cl)nc1C. The van der Waals surface area contributed by atoms with Gasteiger partial charge in [0.1, 0.15) is 4.88 Å². The summed E-state index contributed by atoms with van der Waals surface area (Å²) in [6, 6.07) is 4.76. The normalized spacial score (nSPS) is 10.6. The number of carbonyl (C=O) groups is 2. The highest BCUT2D eigenvalue weighted by molar-refractivity contribution is 8.01. The van der Waals surface area contributed by atoms with Crippen molar-refractivity contribution < 1.29 is 14.3 Å². The fourth-order valence-electron chi connectivity index (χ4n) is 1.74. The maximum absolute atomic E-state index is 12.2. The number of hydrogen-bond donors (Lipinski definition) is 0. The van der Waals surface area contributed by atoms with E-state index in [0.717, 1.165) is 0 Å². The lowest BCUT2D eigenvalue weighted by Gasteiger charge is -2.02. The number of nitrogens with zero attached hydrogens (tertiary/aromatic N) is 1. The second-order valence-corrected chi connectivity index (χ2v) is 7.52. The van der Waals surface area contributed by atoms with Gasteiger partial charge >= 0.3 is 5.97 Å². The Balaban J connectivity index is 2.05. The van der Waals surface area contributed by atoms with Crippen LogP contribution < -0.4 is 0 Å². The van der Waals surface area contributed by atoms with Gasteiger partial charge in [-0.05, 0) is 32.0 Å². The summed E-state index contributed by atoms with van der Waals surface area (Å²) in [4.78, 5) is 28.7. The lowest BCUT2D eigenvalue weighted by Crippen LogP contribution is -2.03. The second-order valence-electron chi connectivity index (χ2n) is 4.45. The van der Waals surface area contributed by atoms with E-state index in [1.54, 1.807) is 26.0 Å². The van der Waals surface area contributed by atoms with E-state index in [4.69, 9.17) is 27.9 Å². The molecule has 122 valence electrons. The number of rotatable bonds is 6. The molecule has 0 bridgehead atoms. The summed E-state index contributed by atoms with van der Waals surface area (Å²) in [6.45, 7) is 3.80. The van der Waals surface area contributed by atoms with Crippen LogP contribution >= 0.6 is 46.3 Å². The molecule has 2 rings (SSSR count). The van der Waals surface area contributed by atoms with E-state index >= 15 is 0 Å². The number of thiazole rings is 1. The highest BCUT2D eigenvalue weighted by Crippen LogP contribution is 2.29. The first kappa shape index (κ1) is 18.3. The van der Waals surface area contributed by atoms with Gasteiger partial charge in [0.05, 0.1) is 23.1 Å². The third-order valence-corrected chi connectivity index (χ3v) is 5.62. The molecule has 4 nitrogen and oxygen atoms in total. The summed E-state index contributed by atoms with van der Waals surface area (Å²) in [5, 5.41) is 0.805. The second kappa shape index (κ2) is 8.15. The molecule has 1 heterocycles. The van der Waals surface area contributed by atoms with E-state index in [1.165, 1.54) is 29.2 Å². The molecule has 0 saturated carbocycles. The summed E-state index contributed by atoms with van der Waals surface area (Å²) in [7, 11) is 0. The number of Topliss-reactive ketones (excluding diaryl/α,β-unsaturated/α-hetero) is 1. The van der Waals surface area contributed by atoms with Gasteiger partial charge in [0.15, 0.2) is 10.1 Å². The third-order valence-electron chi connectivity index (χ3n) is 2.80. The predicted octanol–water partition coefficient (Wildman–Crippen LogP) is 4.91. The Labute approximate surface area is 152 Å². The summed E-state index contributed by atoms with van der Waals surface area (Å²) in [5.74, 6) is -0.333. The molecule has 0 amide bonds. The zero-order valence-electron chi connectivity index (χ0n) is 12.4. The molecule has 0 aliphatic heterocycles. The van der Waals surface area contributed by atoms with Crippen molar-refractivity contribution in [2.24, 2.45) is 0 Å². The Morgan fingerprint density at radius 3 is 2.74 bits per heavy atom. The van der Waals surface area contributed by atoms with Crippen molar-refractivity contribution in [3.05, 3.63) is 44.4 Å². The lowest BCUT2D eigenvalue weighted by molar-refractivity contribution is 0.0531. The average molecular weight is 390 g/mol. The van der Waals surface area contributed by atoms with Crippen LogP contribution in [0.5, 0.6) is 0 Å². The van der Waals surface area contributed by atoms with Gasteiger partial charge in [0, 0.05) is 10.6 Å². The van der Waals surface area contributed by atoms with Crippen LogP contribution in [-0.2, 0) is 4.74 Å². The Morgan fingerprint density at radius 1 is 1.35 bits per heavy atom. The zero-order valence-corrected chi connectivity index (χ0v) is 15.5. The number of thioether (sulfide) groups is 1. The number of halogens is 2. The van der Waals surface area contributed by atoms with Gasteiger partial charge in [-0.1, -0.05) is 35.0 Å². The first-order valence-electron chi connectivity index (χ1n) is 6.68. The number of aryl methyl sites for hydroxylation is 1. The molecule has 0 N–H and O–H groups in total. The number of esters is 1. The number of ketones is 1. The minimum atomic E-state index is -0.388. The van der Waals surface area contributed by atoms with Crippen LogP contribution in [0.3, 0.4) is 0 Å². The Hall–Kier alpha value is -1.08. The van der Waals surface area contributed by atoms with Crippen molar-refractivity contribution in [3.8, 4) is 0 Å². The summed E-state index contributed by atoms with van der Waals surface area (Å²) >= 11 is 14.3. The Morgan fingerprint density at radius 2 is 2.09 bits per heavy atom. The lowest BCUT2D eigenvalue weighted by atomic mass is 10.1. The molecule has 1 aromatic carbocycles. The van der Waals surface area contributed by atoms with E-state index in [0.29, 0.717) is 37.1 Å². The molecule has 0 atom stereocenters. The largest absolute Gasteiger partial charge is 0.462 e. The van der Waals surface area contributed by atoms with E-state index in [2.05, 4.69) is 4.98 Å². The Kier molecular flexibility index (Phi) is 6.47. The Bertz CT molecular complexity index is 746. The molecule has 0 fully saturated rings. The van der Waals surface area contributed by atoms with Crippen molar-refractivity contribution >= 4 is 58.1 Å². The van der Waals surface area contributed by atoms with Crippen LogP contribution in [-0.4, -0.2) is 29.1 Å². The predicted molar refractivity (Wildman–Crippen MR) is 94.3 cm³/mol. The first-order chi connectivity index (χ1) is 10.9. The quantitative estimate of drug-likeness (QED) is 0.399. The summed E-state index contributed by atoms with van der Waals surface area (Å²) in [6.07, 6.45) is 0. The smallest absolute Gasteiger partial charge is 0.350 e. The summed E-state index contributed by atoms with van der Waals surface area (Å²) in [5.41, 5.74) is 1.02. The minimum absolute atomic E-state index is 0.123. The molecular formula is C15H13Cl2NO3S2. The van der Waals surface area contributed by atoms with Crippen molar-refractivity contribution in [2.45, 2.75) is 18.2 Å². The van der Waals surface area contributed by atoms with Crippen molar-refractivity contribution in [1.29, 1.82) is 0 Å². The number of benzene rings is 1.